The van der Waals surface area contributed by atoms with Gasteiger partial charge in [0.2, 0.25) is 0 Å². The molecule has 0 aliphatic heterocycles. The Bertz CT molecular complexity index is 572. The topological polar surface area (TPSA) is 42.1 Å². The van der Waals surface area contributed by atoms with Crippen LogP contribution in [0.2, 0.25) is 0 Å². The monoisotopic (exact) mass is 233 g/mol. The van der Waals surface area contributed by atoms with Gasteiger partial charge in [-0.1, -0.05) is 0 Å². The summed E-state index contributed by atoms with van der Waals surface area (Å²) in [4.78, 5) is 14.1. The largest absolute Gasteiger partial charge is 0.463 e. The lowest BCUT2D eigenvalue weighted by Crippen LogP contribution is -1.98. The van der Waals surface area contributed by atoms with Crippen LogP contribution in [0.1, 0.15) is 12.5 Å². The number of H-pyrrole nitrogens is 1. The predicted octanol–water partition coefficient (Wildman–Crippen LogP) is 2.88. The number of aromatic amines is 1. The lowest BCUT2D eigenvalue weighted by Gasteiger charge is -1.94. The maximum absolute atomic E-state index is 12.9. The molecule has 2 rings (SSSR count). The van der Waals surface area contributed by atoms with Crippen LogP contribution in [0.5, 0.6) is 0 Å². The summed E-state index contributed by atoms with van der Waals surface area (Å²) < 4.78 is 17.7. The van der Waals surface area contributed by atoms with E-state index in [9.17, 15) is 9.18 Å². The normalized spacial score (nSPS) is 11.2. The first-order valence-electron chi connectivity index (χ1n) is 5.32. The van der Waals surface area contributed by atoms with Crippen molar-refractivity contribution in [1.82, 2.24) is 4.98 Å². The molecule has 0 spiro atoms. The van der Waals surface area contributed by atoms with Gasteiger partial charge in [0.25, 0.3) is 0 Å². The zero-order chi connectivity index (χ0) is 12.3. The van der Waals surface area contributed by atoms with E-state index in [0.717, 1.165) is 10.9 Å². The fourth-order valence-corrected chi connectivity index (χ4v) is 1.61. The highest BCUT2D eigenvalue weighted by atomic mass is 19.1. The van der Waals surface area contributed by atoms with Gasteiger partial charge in [0.05, 0.1) is 6.61 Å². The number of hydrogen-bond donors (Lipinski definition) is 1. The first-order valence-corrected chi connectivity index (χ1v) is 5.32. The molecule has 1 aromatic heterocycles. The molecule has 17 heavy (non-hydrogen) atoms. The van der Waals surface area contributed by atoms with E-state index < -0.39 is 0 Å². The Kier molecular flexibility index (Phi) is 3.23. The smallest absolute Gasteiger partial charge is 0.330 e. The maximum Gasteiger partial charge on any atom is 0.330 e. The number of halogens is 1. The second kappa shape index (κ2) is 4.82. The van der Waals surface area contributed by atoms with Gasteiger partial charge in [0.1, 0.15) is 5.82 Å². The summed E-state index contributed by atoms with van der Waals surface area (Å²) in [5, 5.41) is 0.868. The van der Waals surface area contributed by atoms with Gasteiger partial charge >= 0.3 is 5.97 Å². The van der Waals surface area contributed by atoms with Crippen LogP contribution in [0, 0.1) is 5.82 Å². The summed E-state index contributed by atoms with van der Waals surface area (Å²) in [6.07, 6.45) is 4.73. The molecule has 1 aromatic carbocycles. The highest BCUT2D eigenvalue weighted by Gasteiger charge is 2.02. The van der Waals surface area contributed by atoms with Crippen molar-refractivity contribution in [3.63, 3.8) is 0 Å². The van der Waals surface area contributed by atoms with E-state index in [0.29, 0.717) is 12.1 Å². The van der Waals surface area contributed by atoms with E-state index >= 15 is 0 Å². The van der Waals surface area contributed by atoms with E-state index in [1.54, 1.807) is 25.3 Å². The molecule has 2 aromatic rings. The Morgan fingerprint density at radius 3 is 3.12 bits per heavy atom. The van der Waals surface area contributed by atoms with Crippen LogP contribution in [0.25, 0.3) is 17.0 Å². The Morgan fingerprint density at radius 2 is 2.35 bits per heavy atom. The Balaban J connectivity index is 2.28. The van der Waals surface area contributed by atoms with Crippen molar-refractivity contribution in [3.8, 4) is 0 Å². The van der Waals surface area contributed by atoms with E-state index in [-0.39, 0.29) is 11.8 Å². The molecule has 0 saturated heterocycles. The fraction of sp³-hybridized carbons (Fsp3) is 0.154. The zero-order valence-corrected chi connectivity index (χ0v) is 9.37. The second-order valence-corrected chi connectivity index (χ2v) is 3.52. The van der Waals surface area contributed by atoms with Gasteiger partial charge in [-0.3, -0.25) is 0 Å². The summed E-state index contributed by atoms with van der Waals surface area (Å²) in [5.74, 6) is -0.677. The van der Waals surface area contributed by atoms with Crippen molar-refractivity contribution in [2.45, 2.75) is 6.92 Å². The minimum atomic E-state index is -0.385. The lowest BCUT2D eigenvalue weighted by atomic mass is 10.1. The number of aromatic nitrogens is 1. The van der Waals surface area contributed by atoms with E-state index in [1.165, 1.54) is 18.2 Å². The Hall–Kier alpha value is -2.10. The molecule has 0 amide bonds. The van der Waals surface area contributed by atoms with E-state index in [1.807, 2.05) is 0 Å². The van der Waals surface area contributed by atoms with Crippen LogP contribution in [0.4, 0.5) is 4.39 Å². The Labute approximate surface area is 97.9 Å². The number of hydrogen-bond acceptors (Lipinski definition) is 2. The van der Waals surface area contributed by atoms with Crippen molar-refractivity contribution < 1.29 is 13.9 Å². The van der Waals surface area contributed by atoms with Gasteiger partial charge < -0.3 is 9.72 Å². The van der Waals surface area contributed by atoms with Crippen LogP contribution in [0.15, 0.2) is 30.5 Å². The zero-order valence-electron chi connectivity index (χ0n) is 9.37. The highest BCUT2D eigenvalue weighted by Crippen LogP contribution is 2.20. The molecule has 0 saturated carbocycles. The predicted molar refractivity (Wildman–Crippen MR) is 63.9 cm³/mol. The molecule has 0 atom stereocenters. The fourth-order valence-electron chi connectivity index (χ4n) is 1.61. The molecule has 1 N–H and O–H groups in total. The number of rotatable bonds is 3. The van der Waals surface area contributed by atoms with Crippen molar-refractivity contribution in [3.05, 3.63) is 41.9 Å². The SMILES string of the molecule is CCOC(=O)/C=C/c1c[nH]c2cc(F)ccc12. The lowest BCUT2D eigenvalue weighted by molar-refractivity contribution is -0.137. The van der Waals surface area contributed by atoms with Crippen LogP contribution < -0.4 is 0 Å². The third-order valence-electron chi connectivity index (χ3n) is 2.36. The summed E-state index contributed by atoms with van der Waals surface area (Å²) in [6.45, 7) is 2.10. The molecular formula is C13H12FNO2. The first-order chi connectivity index (χ1) is 8.20. The maximum atomic E-state index is 12.9. The number of benzene rings is 1. The third kappa shape index (κ3) is 2.53. The molecule has 88 valence electrons. The Morgan fingerprint density at radius 1 is 1.53 bits per heavy atom. The molecule has 0 fully saturated rings. The summed E-state index contributed by atoms with van der Waals surface area (Å²) in [7, 11) is 0. The molecule has 0 unspecified atom stereocenters. The van der Waals surface area contributed by atoms with Crippen LogP contribution in [-0.4, -0.2) is 17.6 Å². The van der Waals surface area contributed by atoms with Gasteiger partial charge in [-0.15, -0.1) is 0 Å². The van der Waals surface area contributed by atoms with Gasteiger partial charge in [0.15, 0.2) is 0 Å². The van der Waals surface area contributed by atoms with Crippen LogP contribution in [-0.2, 0) is 9.53 Å². The van der Waals surface area contributed by atoms with Gasteiger partial charge in [-0.05, 0) is 31.2 Å². The molecule has 4 heteroatoms. The van der Waals surface area contributed by atoms with E-state index in [2.05, 4.69) is 4.98 Å². The molecule has 0 aliphatic carbocycles. The van der Waals surface area contributed by atoms with Gasteiger partial charge in [-0.2, -0.15) is 0 Å². The number of nitrogens with one attached hydrogen (secondary N) is 1. The van der Waals surface area contributed by atoms with Gasteiger partial charge in [0, 0.05) is 28.7 Å². The molecular weight excluding hydrogens is 221 g/mol. The average Bonchev–Trinajstić information content (AvgIpc) is 2.69. The number of carbonyl (C=O) groups excluding carboxylic acids is 1. The van der Waals surface area contributed by atoms with E-state index in [4.69, 9.17) is 4.74 Å². The molecule has 3 nitrogen and oxygen atoms in total. The van der Waals surface area contributed by atoms with Crippen LogP contribution in [0.3, 0.4) is 0 Å². The minimum Gasteiger partial charge on any atom is -0.463 e. The number of esters is 1. The molecule has 1 heterocycles. The van der Waals surface area contributed by atoms with Crippen molar-refractivity contribution in [2.75, 3.05) is 6.61 Å². The highest BCUT2D eigenvalue weighted by molar-refractivity contribution is 5.93. The first kappa shape index (κ1) is 11.4. The molecule has 0 radical (unpaired) electrons. The van der Waals surface area contributed by atoms with Crippen molar-refractivity contribution in [2.24, 2.45) is 0 Å². The molecule has 0 bridgehead atoms. The third-order valence-corrected chi connectivity index (χ3v) is 2.36. The van der Waals surface area contributed by atoms with Crippen LogP contribution >= 0.6 is 0 Å². The van der Waals surface area contributed by atoms with Crippen molar-refractivity contribution >= 4 is 22.9 Å². The number of ether oxygens (including phenoxy) is 1. The quantitative estimate of drug-likeness (QED) is 0.654. The summed E-state index contributed by atoms with van der Waals surface area (Å²) in [6, 6.07) is 4.47. The average molecular weight is 233 g/mol. The summed E-state index contributed by atoms with van der Waals surface area (Å²) >= 11 is 0. The standard InChI is InChI=1S/C13H12FNO2/c1-2-17-13(16)6-3-9-8-15-12-7-10(14)4-5-11(9)12/h3-8,15H,2H2,1H3/b6-3+. The number of fused-ring (bicyclic) bond motifs is 1. The van der Waals surface area contributed by atoms with Gasteiger partial charge in [-0.25, -0.2) is 9.18 Å². The molecule has 0 aliphatic rings. The van der Waals surface area contributed by atoms with Crippen molar-refractivity contribution in [1.29, 1.82) is 0 Å². The number of carbonyl (C=O) groups is 1. The second-order valence-electron chi connectivity index (χ2n) is 3.52. The minimum absolute atomic E-state index is 0.291. The summed E-state index contributed by atoms with van der Waals surface area (Å²) in [5.41, 5.74) is 1.53.